The molecule has 24 heavy (non-hydrogen) atoms. The Hall–Kier alpha value is -2.37. The average molecular weight is 331 g/mol. The number of likely N-dealkylation sites (tertiary alicyclic amines) is 1. The van der Waals surface area contributed by atoms with Crippen LogP contribution in [0.5, 0.6) is 5.75 Å². The van der Waals surface area contributed by atoms with Crippen molar-refractivity contribution in [2.75, 3.05) is 19.7 Å². The summed E-state index contributed by atoms with van der Waals surface area (Å²) in [5, 5.41) is 0. The minimum atomic E-state index is -0.320. The highest BCUT2D eigenvalue weighted by Crippen LogP contribution is 2.26. The Morgan fingerprint density at radius 1 is 1.38 bits per heavy atom. The Labute approximate surface area is 141 Å². The van der Waals surface area contributed by atoms with Gasteiger partial charge in [-0.1, -0.05) is 0 Å². The number of carbonyl (C=O) groups excluding carboxylic acids is 1. The van der Waals surface area contributed by atoms with Crippen LogP contribution in [0.1, 0.15) is 31.5 Å². The van der Waals surface area contributed by atoms with Gasteiger partial charge in [-0.25, -0.2) is 9.37 Å². The van der Waals surface area contributed by atoms with Gasteiger partial charge in [-0.15, -0.1) is 0 Å². The predicted octanol–water partition coefficient (Wildman–Crippen LogP) is 2.83. The van der Waals surface area contributed by atoms with E-state index in [1.54, 1.807) is 0 Å². The predicted molar refractivity (Wildman–Crippen MR) is 88.4 cm³/mol. The van der Waals surface area contributed by atoms with Gasteiger partial charge in [-0.3, -0.25) is 4.79 Å². The normalized spacial score (nSPS) is 17.8. The first-order chi connectivity index (χ1) is 11.7. The molecule has 1 amide bonds. The van der Waals surface area contributed by atoms with Gasteiger partial charge in [-0.2, -0.15) is 0 Å². The molecule has 1 saturated heterocycles. The lowest BCUT2D eigenvalue weighted by Gasteiger charge is -2.32. The molecule has 0 spiro atoms. The largest absolute Gasteiger partial charge is 0.484 e. The third kappa shape index (κ3) is 3.75. The standard InChI is InChI=1S/C18H22FN3O2/c1-2-21-11-9-20-18(21)14-4-3-10-22(12-14)17(23)13-24-16-7-5-15(19)6-8-16/h5-9,11,14H,2-4,10,12-13H2,1H3/t14-/m0/s1. The monoisotopic (exact) mass is 331 g/mol. The summed E-state index contributed by atoms with van der Waals surface area (Å²) in [5.74, 6) is 1.45. The Kier molecular flexibility index (Phi) is 5.13. The van der Waals surface area contributed by atoms with Crippen LogP contribution in [0.2, 0.25) is 0 Å². The number of nitrogens with zero attached hydrogens (tertiary/aromatic N) is 3. The third-order valence-corrected chi connectivity index (χ3v) is 4.40. The third-order valence-electron chi connectivity index (χ3n) is 4.40. The summed E-state index contributed by atoms with van der Waals surface area (Å²) in [5.41, 5.74) is 0. The molecule has 1 aliphatic heterocycles. The number of amides is 1. The minimum absolute atomic E-state index is 0.0272. The van der Waals surface area contributed by atoms with Crippen LogP contribution in [0.4, 0.5) is 4.39 Å². The van der Waals surface area contributed by atoms with Gasteiger partial charge in [0.15, 0.2) is 6.61 Å². The number of hydrogen-bond acceptors (Lipinski definition) is 3. The van der Waals surface area contributed by atoms with Crippen molar-refractivity contribution >= 4 is 5.91 Å². The molecular weight excluding hydrogens is 309 g/mol. The van der Waals surface area contributed by atoms with Crippen LogP contribution in [-0.4, -0.2) is 40.1 Å². The lowest BCUT2D eigenvalue weighted by molar-refractivity contribution is -0.134. The summed E-state index contributed by atoms with van der Waals surface area (Å²) in [6.45, 7) is 4.36. The van der Waals surface area contributed by atoms with Gasteiger partial charge in [0.2, 0.25) is 0 Å². The van der Waals surface area contributed by atoms with Crippen molar-refractivity contribution in [2.45, 2.75) is 32.2 Å². The number of hydrogen-bond donors (Lipinski definition) is 0. The zero-order valence-corrected chi connectivity index (χ0v) is 13.8. The maximum Gasteiger partial charge on any atom is 0.260 e. The quantitative estimate of drug-likeness (QED) is 0.846. The van der Waals surface area contributed by atoms with Crippen molar-refractivity contribution in [3.8, 4) is 5.75 Å². The SMILES string of the molecule is CCn1ccnc1[C@H]1CCCN(C(=O)COc2ccc(F)cc2)C1. The van der Waals surface area contributed by atoms with E-state index in [9.17, 15) is 9.18 Å². The minimum Gasteiger partial charge on any atom is -0.484 e. The van der Waals surface area contributed by atoms with E-state index in [0.717, 1.165) is 31.8 Å². The molecular formula is C18H22FN3O2. The van der Waals surface area contributed by atoms with E-state index in [1.807, 2.05) is 17.3 Å². The first-order valence-corrected chi connectivity index (χ1v) is 8.34. The summed E-state index contributed by atoms with van der Waals surface area (Å²) in [7, 11) is 0. The topological polar surface area (TPSA) is 47.4 Å². The zero-order valence-electron chi connectivity index (χ0n) is 13.8. The fourth-order valence-electron chi connectivity index (χ4n) is 3.13. The number of aromatic nitrogens is 2. The van der Waals surface area contributed by atoms with Crippen molar-refractivity contribution in [3.05, 3.63) is 48.3 Å². The summed E-state index contributed by atoms with van der Waals surface area (Å²) in [4.78, 5) is 18.7. The van der Waals surface area contributed by atoms with Gasteiger partial charge in [0.25, 0.3) is 5.91 Å². The van der Waals surface area contributed by atoms with Gasteiger partial charge in [0.1, 0.15) is 17.4 Å². The number of carbonyl (C=O) groups is 1. The maximum atomic E-state index is 12.9. The second kappa shape index (κ2) is 7.47. The number of imidazole rings is 1. The molecule has 1 atom stereocenters. The number of piperidine rings is 1. The molecule has 0 unspecified atom stereocenters. The van der Waals surface area contributed by atoms with Gasteiger partial charge in [0, 0.05) is 37.9 Å². The summed E-state index contributed by atoms with van der Waals surface area (Å²) >= 11 is 0. The molecule has 1 fully saturated rings. The van der Waals surface area contributed by atoms with E-state index in [0.29, 0.717) is 12.3 Å². The van der Waals surface area contributed by atoms with Gasteiger partial charge < -0.3 is 14.2 Å². The molecule has 0 N–H and O–H groups in total. The Morgan fingerprint density at radius 3 is 2.92 bits per heavy atom. The molecule has 0 bridgehead atoms. The zero-order chi connectivity index (χ0) is 16.9. The van der Waals surface area contributed by atoms with Gasteiger partial charge in [0.05, 0.1) is 0 Å². The van der Waals surface area contributed by atoms with Crippen molar-refractivity contribution < 1.29 is 13.9 Å². The number of aryl methyl sites for hydroxylation is 1. The first-order valence-electron chi connectivity index (χ1n) is 8.34. The molecule has 1 aromatic heterocycles. The van der Waals surface area contributed by atoms with Crippen molar-refractivity contribution in [1.29, 1.82) is 0 Å². The Balaban J connectivity index is 1.58. The highest BCUT2D eigenvalue weighted by molar-refractivity contribution is 5.78. The van der Waals surface area contributed by atoms with E-state index in [2.05, 4.69) is 16.5 Å². The van der Waals surface area contributed by atoms with Crippen LogP contribution < -0.4 is 4.74 Å². The van der Waals surface area contributed by atoms with E-state index < -0.39 is 0 Å². The van der Waals surface area contributed by atoms with Crippen LogP contribution in [0, 0.1) is 5.82 Å². The number of rotatable bonds is 5. The summed E-state index contributed by atoms with van der Waals surface area (Å²) in [6.07, 6.45) is 5.80. The highest BCUT2D eigenvalue weighted by atomic mass is 19.1. The summed E-state index contributed by atoms with van der Waals surface area (Å²) < 4.78 is 20.5. The average Bonchev–Trinajstić information content (AvgIpc) is 3.10. The fraction of sp³-hybridized carbons (Fsp3) is 0.444. The van der Waals surface area contributed by atoms with Gasteiger partial charge >= 0.3 is 0 Å². The van der Waals surface area contributed by atoms with Crippen LogP contribution in [0.3, 0.4) is 0 Å². The number of ether oxygens (including phenoxy) is 1. The van der Waals surface area contributed by atoms with Crippen LogP contribution >= 0.6 is 0 Å². The fourth-order valence-corrected chi connectivity index (χ4v) is 3.13. The lowest BCUT2D eigenvalue weighted by atomic mass is 9.97. The van der Waals surface area contributed by atoms with E-state index in [4.69, 9.17) is 4.74 Å². The van der Waals surface area contributed by atoms with Gasteiger partial charge in [-0.05, 0) is 44.0 Å². The smallest absolute Gasteiger partial charge is 0.260 e. The number of halogens is 1. The molecule has 0 radical (unpaired) electrons. The molecule has 0 saturated carbocycles. The molecule has 5 nitrogen and oxygen atoms in total. The molecule has 1 aliphatic rings. The second-order valence-corrected chi connectivity index (χ2v) is 5.99. The van der Waals surface area contributed by atoms with Crippen molar-refractivity contribution in [1.82, 2.24) is 14.5 Å². The van der Waals surface area contributed by atoms with E-state index in [1.165, 1.54) is 24.3 Å². The molecule has 0 aliphatic carbocycles. The van der Waals surface area contributed by atoms with Crippen LogP contribution in [0.25, 0.3) is 0 Å². The molecule has 1 aromatic carbocycles. The lowest BCUT2D eigenvalue weighted by Crippen LogP contribution is -2.42. The maximum absolute atomic E-state index is 12.9. The molecule has 6 heteroatoms. The first kappa shape index (κ1) is 16.5. The molecule has 2 heterocycles. The Bertz CT molecular complexity index is 684. The molecule has 2 aromatic rings. The van der Waals surface area contributed by atoms with E-state index in [-0.39, 0.29) is 24.2 Å². The highest BCUT2D eigenvalue weighted by Gasteiger charge is 2.27. The Morgan fingerprint density at radius 2 is 2.17 bits per heavy atom. The number of benzene rings is 1. The summed E-state index contributed by atoms with van der Waals surface area (Å²) in [6, 6.07) is 5.70. The van der Waals surface area contributed by atoms with Crippen LogP contribution in [-0.2, 0) is 11.3 Å². The molecule has 3 rings (SSSR count). The second-order valence-electron chi connectivity index (χ2n) is 5.99. The molecule has 128 valence electrons. The van der Waals surface area contributed by atoms with E-state index >= 15 is 0 Å². The van der Waals surface area contributed by atoms with Crippen molar-refractivity contribution in [2.24, 2.45) is 0 Å². The van der Waals surface area contributed by atoms with Crippen LogP contribution in [0.15, 0.2) is 36.7 Å². The van der Waals surface area contributed by atoms with Crippen molar-refractivity contribution in [3.63, 3.8) is 0 Å².